The van der Waals surface area contributed by atoms with Gasteiger partial charge in [-0.05, 0) is 88.4 Å². The summed E-state index contributed by atoms with van der Waals surface area (Å²) in [6.07, 6.45) is 0. The number of methoxy groups -OCH3 is 1. The third-order valence-electron chi connectivity index (χ3n) is 5.94. The topological polar surface area (TPSA) is 64.4 Å². The van der Waals surface area contributed by atoms with E-state index in [1.54, 1.807) is 7.11 Å². The third kappa shape index (κ3) is 3.84. The second-order valence-electron chi connectivity index (χ2n) is 8.43. The molecular weight excluding hydrogens is 492 g/mol. The van der Waals surface area contributed by atoms with E-state index >= 15 is 0 Å². The number of anilines is 1. The standard InChI is InChI=1S/C28H23BrN2O3/c1-15-11-17(3)25-23(12-15)31-28(34-25)19-10-9-16(2)22(14-19)30-27(32)21-13-18-7-5-6-8-20(18)24(29)26(21)33-4/h5-14H,1-4H3,(H,30,32). The van der Waals surface area contributed by atoms with Crippen molar-refractivity contribution in [1.29, 1.82) is 0 Å². The lowest BCUT2D eigenvalue weighted by Crippen LogP contribution is -2.14. The molecule has 1 amide bonds. The van der Waals surface area contributed by atoms with Crippen LogP contribution >= 0.6 is 15.9 Å². The molecule has 1 heterocycles. The van der Waals surface area contributed by atoms with Crippen LogP contribution in [0.3, 0.4) is 0 Å². The van der Waals surface area contributed by atoms with Gasteiger partial charge in [0.25, 0.3) is 5.91 Å². The van der Waals surface area contributed by atoms with E-state index in [9.17, 15) is 4.79 Å². The average molecular weight is 515 g/mol. The smallest absolute Gasteiger partial charge is 0.259 e. The maximum Gasteiger partial charge on any atom is 0.259 e. The highest BCUT2D eigenvalue weighted by Gasteiger charge is 2.19. The lowest BCUT2D eigenvalue weighted by Gasteiger charge is -2.15. The minimum Gasteiger partial charge on any atom is -0.495 e. The summed E-state index contributed by atoms with van der Waals surface area (Å²) in [4.78, 5) is 18.0. The highest BCUT2D eigenvalue weighted by atomic mass is 79.9. The zero-order valence-electron chi connectivity index (χ0n) is 19.3. The SMILES string of the molecule is COc1c(C(=O)Nc2cc(-c3nc4cc(C)cc(C)c4o3)ccc2C)cc2ccccc2c1Br. The Morgan fingerprint density at radius 1 is 1.00 bits per heavy atom. The van der Waals surface area contributed by atoms with Crippen molar-refractivity contribution in [3.8, 4) is 17.2 Å². The van der Waals surface area contributed by atoms with E-state index < -0.39 is 0 Å². The van der Waals surface area contributed by atoms with Crippen LogP contribution in [-0.2, 0) is 0 Å². The molecule has 5 aromatic rings. The number of amides is 1. The molecule has 0 aliphatic carbocycles. The van der Waals surface area contributed by atoms with Gasteiger partial charge in [0.2, 0.25) is 5.89 Å². The zero-order valence-corrected chi connectivity index (χ0v) is 20.9. The molecule has 0 radical (unpaired) electrons. The summed E-state index contributed by atoms with van der Waals surface area (Å²) < 4.78 is 12.4. The van der Waals surface area contributed by atoms with Gasteiger partial charge in [0.05, 0.1) is 17.1 Å². The Hall–Kier alpha value is -3.64. The predicted molar refractivity (Wildman–Crippen MR) is 140 cm³/mol. The Morgan fingerprint density at radius 2 is 1.79 bits per heavy atom. The fourth-order valence-corrected chi connectivity index (χ4v) is 4.97. The number of rotatable bonds is 4. The monoisotopic (exact) mass is 514 g/mol. The number of hydrogen-bond acceptors (Lipinski definition) is 4. The molecule has 0 bridgehead atoms. The van der Waals surface area contributed by atoms with Crippen molar-refractivity contribution in [2.45, 2.75) is 20.8 Å². The van der Waals surface area contributed by atoms with Gasteiger partial charge in [-0.1, -0.05) is 36.4 Å². The average Bonchev–Trinajstić information content (AvgIpc) is 3.25. The predicted octanol–water partition coefficient (Wildman–Crippen LogP) is 7.60. The number of aryl methyl sites for hydroxylation is 3. The highest BCUT2D eigenvalue weighted by Crippen LogP contribution is 2.37. The number of oxazole rings is 1. The van der Waals surface area contributed by atoms with E-state index in [-0.39, 0.29) is 5.91 Å². The summed E-state index contributed by atoms with van der Waals surface area (Å²) in [5, 5.41) is 4.98. The Kier molecular flexibility index (Phi) is 5.62. The van der Waals surface area contributed by atoms with Crippen LogP contribution in [0, 0.1) is 20.8 Å². The van der Waals surface area contributed by atoms with Crippen LogP contribution in [0.15, 0.2) is 69.6 Å². The molecule has 0 unspecified atom stereocenters. The maximum absolute atomic E-state index is 13.4. The maximum atomic E-state index is 13.4. The minimum atomic E-state index is -0.257. The molecule has 0 spiro atoms. The van der Waals surface area contributed by atoms with Crippen molar-refractivity contribution in [2.24, 2.45) is 0 Å². The Balaban J connectivity index is 1.53. The number of nitrogens with one attached hydrogen (secondary N) is 1. The molecule has 0 saturated heterocycles. The Morgan fingerprint density at radius 3 is 2.59 bits per heavy atom. The van der Waals surface area contributed by atoms with Gasteiger partial charge in [-0.3, -0.25) is 4.79 Å². The van der Waals surface area contributed by atoms with Gasteiger partial charge in [-0.2, -0.15) is 0 Å². The molecule has 170 valence electrons. The van der Waals surface area contributed by atoms with Gasteiger partial charge in [-0.25, -0.2) is 4.98 Å². The molecule has 5 nitrogen and oxygen atoms in total. The van der Waals surface area contributed by atoms with E-state index in [1.807, 2.05) is 75.4 Å². The molecular formula is C28H23BrN2O3. The zero-order chi connectivity index (χ0) is 24.0. The summed E-state index contributed by atoms with van der Waals surface area (Å²) in [6.45, 7) is 6.01. The van der Waals surface area contributed by atoms with Crippen LogP contribution in [0.1, 0.15) is 27.0 Å². The van der Waals surface area contributed by atoms with Crippen molar-refractivity contribution < 1.29 is 13.9 Å². The first-order chi connectivity index (χ1) is 16.4. The lowest BCUT2D eigenvalue weighted by atomic mass is 10.0. The van der Waals surface area contributed by atoms with E-state index in [2.05, 4.69) is 32.3 Å². The molecule has 1 N–H and O–H groups in total. The van der Waals surface area contributed by atoms with Crippen LogP contribution < -0.4 is 10.1 Å². The third-order valence-corrected chi connectivity index (χ3v) is 6.73. The Labute approximate surface area is 205 Å². The fraction of sp³-hybridized carbons (Fsp3) is 0.143. The number of halogens is 1. The lowest BCUT2D eigenvalue weighted by molar-refractivity contribution is 0.102. The summed E-state index contributed by atoms with van der Waals surface area (Å²) >= 11 is 3.61. The van der Waals surface area contributed by atoms with Crippen LogP contribution in [0.2, 0.25) is 0 Å². The number of aromatic nitrogens is 1. The number of carbonyl (C=O) groups is 1. The Bertz CT molecular complexity index is 1590. The van der Waals surface area contributed by atoms with Crippen molar-refractivity contribution in [1.82, 2.24) is 4.98 Å². The summed E-state index contributed by atoms with van der Waals surface area (Å²) in [7, 11) is 1.56. The molecule has 6 heteroatoms. The van der Waals surface area contributed by atoms with Crippen molar-refractivity contribution in [3.63, 3.8) is 0 Å². The van der Waals surface area contributed by atoms with Crippen LogP contribution in [0.25, 0.3) is 33.3 Å². The summed E-state index contributed by atoms with van der Waals surface area (Å²) in [5.74, 6) is 0.757. The van der Waals surface area contributed by atoms with Crippen LogP contribution in [0.4, 0.5) is 5.69 Å². The summed E-state index contributed by atoms with van der Waals surface area (Å²) in [6, 6.07) is 19.6. The normalized spacial score (nSPS) is 11.2. The molecule has 34 heavy (non-hydrogen) atoms. The molecule has 5 rings (SSSR count). The fourth-order valence-electron chi connectivity index (χ4n) is 4.23. The number of ether oxygens (including phenoxy) is 1. The second kappa shape index (κ2) is 8.61. The first kappa shape index (κ1) is 22.2. The van der Waals surface area contributed by atoms with Crippen LogP contribution in [-0.4, -0.2) is 18.0 Å². The summed E-state index contributed by atoms with van der Waals surface area (Å²) in [5.41, 5.74) is 6.64. The first-order valence-corrected chi connectivity index (χ1v) is 11.7. The van der Waals surface area contributed by atoms with Gasteiger partial charge in [0.1, 0.15) is 11.3 Å². The molecule has 0 fully saturated rings. The number of hydrogen-bond donors (Lipinski definition) is 1. The van der Waals surface area contributed by atoms with Gasteiger partial charge in [0, 0.05) is 11.3 Å². The van der Waals surface area contributed by atoms with Crippen LogP contribution in [0.5, 0.6) is 5.75 Å². The minimum absolute atomic E-state index is 0.257. The highest BCUT2D eigenvalue weighted by molar-refractivity contribution is 9.10. The molecule has 0 aliphatic rings. The number of nitrogens with zero attached hydrogens (tertiary/aromatic N) is 1. The molecule has 1 aromatic heterocycles. The van der Waals surface area contributed by atoms with E-state index in [0.29, 0.717) is 22.9 Å². The number of carbonyl (C=O) groups excluding carboxylic acids is 1. The number of fused-ring (bicyclic) bond motifs is 2. The quantitative estimate of drug-likeness (QED) is 0.268. The van der Waals surface area contributed by atoms with Crippen molar-refractivity contribution in [3.05, 3.63) is 87.4 Å². The van der Waals surface area contributed by atoms with Gasteiger partial charge in [0.15, 0.2) is 5.58 Å². The molecule has 0 atom stereocenters. The first-order valence-electron chi connectivity index (χ1n) is 10.9. The van der Waals surface area contributed by atoms with E-state index in [4.69, 9.17) is 9.15 Å². The van der Waals surface area contributed by atoms with Crippen molar-refractivity contribution in [2.75, 3.05) is 12.4 Å². The van der Waals surface area contributed by atoms with Gasteiger partial charge in [-0.15, -0.1) is 0 Å². The number of benzene rings is 4. The van der Waals surface area contributed by atoms with Gasteiger partial charge < -0.3 is 14.5 Å². The van der Waals surface area contributed by atoms with Crippen molar-refractivity contribution >= 4 is 49.4 Å². The molecule has 0 aliphatic heterocycles. The van der Waals surface area contributed by atoms with Gasteiger partial charge >= 0.3 is 0 Å². The van der Waals surface area contributed by atoms with E-state index in [1.165, 1.54) is 0 Å². The molecule has 4 aromatic carbocycles. The largest absolute Gasteiger partial charge is 0.495 e. The molecule has 0 saturated carbocycles. The second-order valence-corrected chi connectivity index (χ2v) is 9.22. The van der Waals surface area contributed by atoms with E-state index in [0.717, 1.165) is 48.6 Å².